The van der Waals surface area contributed by atoms with E-state index in [4.69, 9.17) is 0 Å². The van der Waals surface area contributed by atoms with Gasteiger partial charge in [-0.15, -0.1) is 0 Å². The van der Waals surface area contributed by atoms with Gasteiger partial charge in [-0.25, -0.2) is 9.37 Å². The maximum Gasteiger partial charge on any atom is 0.416 e. The van der Waals surface area contributed by atoms with Crippen molar-refractivity contribution in [3.8, 4) is 16.9 Å². The van der Waals surface area contributed by atoms with Crippen LogP contribution in [-0.4, -0.2) is 9.55 Å². The number of aromatic nitrogens is 2. The van der Waals surface area contributed by atoms with Crippen LogP contribution in [-0.2, 0) is 12.7 Å². The van der Waals surface area contributed by atoms with Crippen LogP contribution in [0.3, 0.4) is 0 Å². The summed E-state index contributed by atoms with van der Waals surface area (Å²) in [6.45, 7) is 0.254. The number of imidazole rings is 1. The highest BCUT2D eigenvalue weighted by Gasteiger charge is 2.29. The zero-order valence-corrected chi connectivity index (χ0v) is 17.6. The first-order chi connectivity index (χ1) is 14.8. The highest BCUT2D eigenvalue weighted by molar-refractivity contribution is 9.10. The lowest BCUT2D eigenvalue weighted by Gasteiger charge is -2.11. The molecule has 0 aliphatic carbocycles. The van der Waals surface area contributed by atoms with Crippen LogP contribution in [0.5, 0.6) is 0 Å². The molecule has 0 radical (unpaired) electrons. The van der Waals surface area contributed by atoms with Gasteiger partial charge in [-0.05, 0) is 48.0 Å². The summed E-state index contributed by atoms with van der Waals surface area (Å²) in [4.78, 5) is 4.62. The summed E-state index contributed by atoms with van der Waals surface area (Å²) in [5, 5.41) is 3.15. The Labute approximate surface area is 184 Å². The minimum atomic E-state index is -4.38. The Balaban J connectivity index is 1.64. The number of nitrogens with one attached hydrogen (secondary N) is 1. The average molecular weight is 490 g/mol. The van der Waals surface area contributed by atoms with Gasteiger partial charge in [0.25, 0.3) is 0 Å². The van der Waals surface area contributed by atoms with Crippen LogP contribution in [0.4, 0.5) is 23.5 Å². The number of nitrogens with zero attached hydrogens (tertiary/aromatic N) is 2. The summed E-state index contributed by atoms with van der Waals surface area (Å²) in [5.41, 5.74) is 2.08. The largest absolute Gasteiger partial charge is 0.416 e. The smallest absolute Gasteiger partial charge is 0.351 e. The first-order valence-electron chi connectivity index (χ1n) is 9.31. The molecule has 158 valence electrons. The van der Waals surface area contributed by atoms with E-state index in [9.17, 15) is 17.6 Å². The molecule has 1 heterocycles. The summed E-state index contributed by atoms with van der Waals surface area (Å²) >= 11 is 3.40. The fourth-order valence-electron chi connectivity index (χ4n) is 3.08. The van der Waals surface area contributed by atoms with Gasteiger partial charge >= 0.3 is 6.18 Å². The lowest BCUT2D eigenvalue weighted by Crippen LogP contribution is -2.08. The van der Waals surface area contributed by atoms with Gasteiger partial charge in [0.05, 0.1) is 16.9 Å². The molecule has 0 fully saturated rings. The van der Waals surface area contributed by atoms with Crippen molar-refractivity contribution in [2.24, 2.45) is 0 Å². The molecule has 3 nitrogen and oxygen atoms in total. The Bertz CT molecular complexity index is 1180. The van der Waals surface area contributed by atoms with E-state index in [1.165, 1.54) is 24.3 Å². The van der Waals surface area contributed by atoms with E-state index in [2.05, 4.69) is 26.2 Å². The molecule has 0 bridgehead atoms. The molecule has 0 saturated carbocycles. The standard InChI is InChI=1S/C23H16BrF4N3/c24-18-10-6-16(7-11-18)21-14-31(20-3-1-2-19(25)12-20)22(30-21)29-13-15-4-8-17(9-5-15)23(26,27)28/h1-12,14H,13H2,(H,29,30). The van der Waals surface area contributed by atoms with Gasteiger partial charge < -0.3 is 5.32 Å². The summed E-state index contributed by atoms with van der Waals surface area (Å²) in [5.74, 6) is 0.0634. The van der Waals surface area contributed by atoms with E-state index in [0.29, 0.717) is 22.9 Å². The molecule has 31 heavy (non-hydrogen) atoms. The van der Waals surface area contributed by atoms with E-state index in [1.807, 2.05) is 24.3 Å². The third kappa shape index (κ3) is 4.96. The molecule has 0 aliphatic heterocycles. The van der Waals surface area contributed by atoms with Crippen LogP contribution < -0.4 is 5.32 Å². The Kier molecular flexibility index (Phi) is 5.82. The second-order valence-electron chi connectivity index (χ2n) is 6.85. The predicted molar refractivity (Wildman–Crippen MR) is 115 cm³/mol. The highest BCUT2D eigenvalue weighted by atomic mass is 79.9. The zero-order chi connectivity index (χ0) is 22.0. The summed E-state index contributed by atoms with van der Waals surface area (Å²) in [6, 6.07) is 18.6. The van der Waals surface area contributed by atoms with E-state index < -0.39 is 11.7 Å². The molecule has 8 heteroatoms. The molecule has 4 aromatic rings. The van der Waals surface area contributed by atoms with Crippen molar-refractivity contribution in [3.63, 3.8) is 0 Å². The second-order valence-corrected chi connectivity index (χ2v) is 7.77. The van der Waals surface area contributed by atoms with Crippen LogP contribution in [0.2, 0.25) is 0 Å². The van der Waals surface area contributed by atoms with E-state index in [-0.39, 0.29) is 12.4 Å². The fourth-order valence-corrected chi connectivity index (χ4v) is 3.34. The van der Waals surface area contributed by atoms with Crippen molar-refractivity contribution in [1.82, 2.24) is 9.55 Å². The molecule has 0 unspecified atom stereocenters. The molecule has 1 N–H and O–H groups in total. The van der Waals surface area contributed by atoms with Crippen LogP contribution >= 0.6 is 15.9 Å². The van der Waals surface area contributed by atoms with Crippen molar-refractivity contribution in [2.75, 3.05) is 5.32 Å². The number of hydrogen-bond donors (Lipinski definition) is 1. The molecule has 1 aromatic heterocycles. The molecule has 0 amide bonds. The SMILES string of the molecule is Fc1cccc(-n2cc(-c3ccc(Br)cc3)nc2NCc2ccc(C(F)(F)F)cc2)c1. The lowest BCUT2D eigenvalue weighted by atomic mass is 10.1. The third-order valence-corrected chi connectivity index (χ3v) is 5.19. The monoisotopic (exact) mass is 489 g/mol. The summed E-state index contributed by atoms with van der Waals surface area (Å²) in [6.07, 6.45) is -2.59. The Morgan fingerprint density at radius 3 is 2.29 bits per heavy atom. The van der Waals surface area contributed by atoms with E-state index >= 15 is 0 Å². The number of halogens is 5. The molecule has 0 saturated heterocycles. The van der Waals surface area contributed by atoms with Gasteiger partial charge in [-0.3, -0.25) is 4.57 Å². The zero-order valence-electron chi connectivity index (χ0n) is 16.0. The minimum absolute atomic E-state index is 0.254. The summed E-state index contributed by atoms with van der Waals surface area (Å²) < 4.78 is 54.7. The van der Waals surface area contributed by atoms with Crippen LogP contribution in [0.15, 0.2) is 83.5 Å². The maximum absolute atomic E-state index is 13.8. The molecular weight excluding hydrogens is 474 g/mol. The lowest BCUT2D eigenvalue weighted by molar-refractivity contribution is -0.137. The topological polar surface area (TPSA) is 29.9 Å². The number of rotatable bonds is 5. The van der Waals surface area contributed by atoms with Crippen LogP contribution in [0, 0.1) is 5.82 Å². The van der Waals surface area contributed by atoms with Crippen LogP contribution in [0.1, 0.15) is 11.1 Å². The number of hydrogen-bond acceptors (Lipinski definition) is 2. The molecule has 3 aromatic carbocycles. The van der Waals surface area contributed by atoms with Gasteiger partial charge in [-0.1, -0.05) is 46.3 Å². The maximum atomic E-state index is 13.8. The molecule has 0 aliphatic rings. The van der Waals surface area contributed by atoms with Crippen molar-refractivity contribution < 1.29 is 17.6 Å². The average Bonchev–Trinajstić information content (AvgIpc) is 3.17. The number of anilines is 1. The third-order valence-electron chi connectivity index (χ3n) is 4.66. The van der Waals surface area contributed by atoms with E-state index in [1.54, 1.807) is 22.9 Å². The first kappa shape index (κ1) is 21.1. The molecule has 4 rings (SSSR count). The minimum Gasteiger partial charge on any atom is -0.351 e. The van der Waals surface area contributed by atoms with Gasteiger partial charge in [0.1, 0.15) is 5.82 Å². The summed E-state index contributed by atoms with van der Waals surface area (Å²) in [7, 11) is 0. The van der Waals surface area contributed by atoms with E-state index in [0.717, 1.165) is 22.2 Å². The Hall–Kier alpha value is -3.13. The number of benzene rings is 3. The first-order valence-corrected chi connectivity index (χ1v) is 10.1. The molecule has 0 atom stereocenters. The fraction of sp³-hybridized carbons (Fsp3) is 0.0870. The van der Waals surface area contributed by atoms with Gasteiger partial charge in [-0.2, -0.15) is 13.2 Å². The quantitative estimate of drug-likeness (QED) is 0.303. The van der Waals surface area contributed by atoms with Crippen molar-refractivity contribution in [2.45, 2.75) is 12.7 Å². The van der Waals surface area contributed by atoms with Gasteiger partial charge in [0, 0.05) is 22.8 Å². The predicted octanol–water partition coefficient (Wildman–Crippen LogP) is 7.07. The van der Waals surface area contributed by atoms with Gasteiger partial charge in [0.15, 0.2) is 0 Å². The number of alkyl halides is 3. The van der Waals surface area contributed by atoms with Crippen LogP contribution in [0.25, 0.3) is 16.9 Å². The van der Waals surface area contributed by atoms with Crippen molar-refractivity contribution in [1.29, 1.82) is 0 Å². The second kappa shape index (κ2) is 8.55. The molecular formula is C23H16BrF4N3. The van der Waals surface area contributed by atoms with Crippen molar-refractivity contribution in [3.05, 3.63) is 100 Å². The highest BCUT2D eigenvalue weighted by Crippen LogP contribution is 2.30. The molecule has 0 spiro atoms. The normalized spacial score (nSPS) is 11.5. The Morgan fingerprint density at radius 2 is 1.65 bits per heavy atom. The van der Waals surface area contributed by atoms with Gasteiger partial charge in [0.2, 0.25) is 5.95 Å². The van der Waals surface area contributed by atoms with Crippen molar-refractivity contribution >= 4 is 21.9 Å². The Morgan fingerprint density at radius 1 is 0.935 bits per heavy atom.